The lowest BCUT2D eigenvalue weighted by Gasteiger charge is -2.18. The normalized spacial score (nSPS) is 11.4. The van der Waals surface area contributed by atoms with Crippen LogP contribution in [0.2, 0.25) is 0 Å². The van der Waals surface area contributed by atoms with Crippen molar-refractivity contribution < 1.29 is 21.2 Å². The van der Waals surface area contributed by atoms with E-state index in [1.807, 2.05) is 0 Å². The molecule has 2 rings (SSSR count). The van der Waals surface area contributed by atoms with Gasteiger partial charge < -0.3 is 0 Å². The van der Waals surface area contributed by atoms with Crippen LogP contribution in [0.25, 0.3) is 0 Å². The number of hydrogen-bond donors (Lipinski definition) is 0. The van der Waals surface area contributed by atoms with E-state index in [-0.39, 0.29) is 69.5 Å². The summed E-state index contributed by atoms with van der Waals surface area (Å²) in [5.41, 5.74) is 3.31. The van der Waals surface area contributed by atoms with Crippen molar-refractivity contribution in [3.05, 3.63) is 66.8 Å². The van der Waals surface area contributed by atoms with E-state index in [0.717, 1.165) is 0 Å². The van der Waals surface area contributed by atoms with E-state index in [0.29, 0.717) is 0 Å². The second-order valence-corrected chi connectivity index (χ2v) is 10.6. The summed E-state index contributed by atoms with van der Waals surface area (Å²) in [6.45, 7) is 13.6. The van der Waals surface area contributed by atoms with E-state index in [1.54, 1.807) is 0 Å². The third kappa shape index (κ3) is 6.94. The molecule has 0 aliphatic carbocycles. The molecular weight excluding hydrogens is 526 g/mol. The van der Waals surface area contributed by atoms with Crippen LogP contribution in [0.1, 0.15) is 52.7 Å². The summed E-state index contributed by atoms with van der Waals surface area (Å²) in [5, 5.41) is 0. The van der Waals surface area contributed by atoms with Gasteiger partial charge in [-0.3, -0.25) is 0 Å². The summed E-state index contributed by atoms with van der Waals surface area (Å²) in [6.07, 6.45) is 0. The van der Waals surface area contributed by atoms with Gasteiger partial charge in [-0.1, -0.05) is 65.8 Å². The summed E-state index contributed by atoms with van der Waals surface area (Å²) in [4.78, 5) is 0. The smallest absolute Gasteiger partial charge is 0.197 e. The highest BCUT2D eigenvalue weighted by Gasteiger charge is 2.20. The molecule has 0 fully saturated rings. The van der Waals surface area contributed by atoms with Crippen LogP contribution >= 0.6 is 37.5 Å². The van der Waals surface area contributed by atoms with Crippen LogP contribution < -0.4 is 21.2 Å². The van der Waals surface area contributed by atoms with Gasteiger partial charge in [0, 0.05) is 0 Å². The molecule has 0 radical (unpaired) electrons. The van der Waals surface area contributed by atoms with Gasteiger partial charge in [0.05, 0.1) is 0 Å². The van der Waals surface area contributed by atoms with Gasteiger partial charge in [0.2, 0.25) is 0 Å². The quantitative estimate of drug-likeness (QED) is 0.500. The monoisotopic (exact) mass is 555 g/mol. The molecule has 2 aromatic carbocycles. The third-order valence-electron chi connectivity index (χ3n) is 3.64. The van der Waals surface area contributed by atoms with Crippen LogP contribution in [-0.2, 0) is 10.8 Å². The lowest BCUT2D eigenvalue weighted by molar-refractivity contribution is -0.597. The summed E-state index contributed by atoms with van der Waals surface area (Å²) in [5.74, 6) is 0. The fourth-order valence-electron chi connectivity index (χ4n) is 2.15. The standard InChI is InChI=1S/C20H26I.HI.H2S/c1-19(2,3)15-7-11-17(12-8-15)21-18-13-9-16(10-14-18)20(4,5)6;;/h7-14H,1-6H3;1H;1H2/q+1;;. The van der Waals surface area contributed by atoms with Gasteiger partial charge >= 0.3 is 21.2 Å². The summed E-state index contributed by atoms with van der Waals surface area (Å²) in [7, 11) is 0. The molecular formula is C20H29I2S+. The SMILES string of the molecule is CC(C)(C)c1ccc([I+]c2ccc(C(C)(C)C)cc2)cc1.I.S. The molecule has 0 spiro atoms. The second kappa shape index (κ2) is 9.09. The molecule has 0 unspecified atom stereocenters. The Morgan fingerprint density at radius 2 is 0.826 bits per heavy atom. The Bertz CT molecular complexity index is 532. The average molecular weight is 555 g/mol. The van der Waals surface area contributed by atoms with E-state index in [4.69, 9.17) is 0 Å². The molecule has 0 amide bonds. The molecule has 0 aromatic heterocycles. The number of halogens is 2. The molecule has 0 N–H and O–H groups in total. The molecule has 128 valence electrons. The van der Waals surface area contributed by atoms with Gasteiger partial charge in [0.1, 0.15) is 0 Å². The molecule has 23 heavy (non-hydrogen) atoms. The van der Waals surface area contributed by atoms with Crippen molar-refractivity contribution in [1.29, 1.82) is 0 Å². The molecule has 0 nitrogen and oxygen atoms in total. The van der Waals surface area contributed by atoms with Gasteiger partial charge in [0.15, 0.2) is 7.14 Å². The zero-order valence-corrected chi connectivity index (χ0v) is 20.4. The van der Waals surface area contributed by atoms with Crippen LogP contribution in [0.5, 0.6) is 0 Å². The molecule has 0 bridgehead atoms. The predicted molar refractivity (Wildman–Crippen MR) is 113 cm³/mol. The molecule has 0 atom stereocenters. The first-order valence-corrected chi connectivity index (χ1v) is 9.68. The Kier molecular flexibility index (Phi) is 9.19. The maximum Gasteiger partial charge on any atom is 0.357 e. The van der Waals surface area contributed by atoms with Gasteiger partial charge in [-0.05, 0) is 46.2 Å². The van der Waals surface area contributed by atoms with Crippen molar-refractivity contribution in [2.24, 2.45) is 0 Å². The van der Waals surface area contributed by atoms with Crippen molar-refractivity contribution in [1.82, 2.24) is 0 Å². The topological polar surface area (TPSA) is 0 Å². The third-order valence-corrected chi connectivity index (χ3v) is 6.32. The maximum absolute atomic E-state index is 2.31. The lowest BCUT2D eigenvalue weighted by atomic mass is 9.87. The first-order valence-electron chi connectivity index (χ1n) is 7.52. The predicted octanol–water partition coefficient (Wildman–Crippen LogP) is 3.14. The van der Waals surface area contributed by atoms with Crippen LogP contribution in [0.4, 0.5) is 0 Å². The number of rotatable bonds is 2. The molecule has 0 heterocycles. The van der Waals surface area contributed by atoms with Gasteiger partial charge in [0.25, 0.3) is 0 Å². The minimum Gasteiger partial charge on any atom is -0.197 e. The minimum absolute atomic E-state index is 0. The fourth-order valence-corrected chi connectivity index (χ4v) is 4.31. The average Bonchev–Trinajstić information content (AvgIpc) is 2.38. The highest BCUT2D eigenvalue weighted by Crippen LogP contribution is 2.21. The highest BCUT2D eigenvalue weighted by molar-refractivity contribution is 14.0. The van der Waals surface area contributed by atoms with Crippen LogP contribution in [0.15, 0.2) is 48.5 Å². The number of benzene rings is 2. The van der Waals surface area contributed by atoms with Gasteiger partial charge in [-0.25, -0.2) is 0 Å². The Labute approximate surface area is 176 Å². The Morgan fingerprint density at radius 1 is 0.565 bits per heavy atom. The first-order chi connectivity index (χ1) is 9.66. The zero-order valence-electron chi connectivity index (χ0n) is 14.9. The lowest BCUT2D eigenvalue weighted by Crippen LogP contribution is -3.61. The number of hydrogen-bond acceptors (Lipinski definition) is 0. The largest absolute Gasteiger partial charge is 0.357 e. The van der Waals surface area contributed by atoms with Crippen molar-refractivity contribution in [3.63, 3.8) is 0 Å². The molecule has 0 aliphatic heterocycles. The van der Waals surface area contributed by atoms with E-state index < -0.39 is 0 Å². The minimum atomic E-state index is -0.0703. The van der Waals surface area contributed by atoms with Crippen molar-refractivity contribution >= 4 is 37.5 Å². The summed E-state index contributed by atoms with van der Waals surface area (Å²) < 4.78 is 2.98. The Morgan fingerprint density at radius 3 is 1.04 bits per heavy atom. The zero-order chi connectivity index (χ0) is 15.7. The van der Waals surface area contributed by atoms with E-state index in [2.05, 4.69) is 90.1 Å². The molecule has 0 saturated heterocycles. The Balaban J connectivity index is 0.00000242. The highest BCUT2D eigenvalue weighted by atomic mass is 127. The van der Waals surface area contributed by atoms with Crippen molar-refractivity contribution in [3.8, 4) is 0 Å². The maximum atomic E-state index is 2.31. The molecule has 3 heteroatoms. The molecule has 0 saturated carbocycles. The van der Waals surface area contributed by atoms with Crippen molar-refractivity contribution in [2.45, 2.75) is 52.4 Å². The Hall–Kier alpha value is 0.250. The van der Waals surface area contributed by atoms with Gasteiger partial charge in [-0.2, -0.15) is 13.5 Å². The van der Waals surface area contributed by atoms with Crippen LogP contribution in [0, 0.1) is 7.14 Å². The van der Waals surface area contributed by atoms with Gasteiger partial charge in [-0.15, -0.1) is 24.0 Å². The second-order valence-electron chi connectivity index (χ2n) is 7.61. The fraction of sp³-hybridized carbons (Fsp3) is 0.400. The molecule has 0 aliphatic rings. The van der Waals surface area contributed by atoms with Crippen molar-refractivity contribution in [2.75, 3.05) is 0 Å². The van der Waals surface area contributed by atoms with Crippen LogP contribution in [-0.4, -0.2) is 0 Å². The summed E-state index contributed by atoms with van der Waals surface area (Å²) in [6, 6.07) is 18.4. The van der Waals surface area contributed by atoms with E-state index >= 15 is 0 Å². The van der Waals surface area contributed by atoms with E-state index in [1.165, 1.54) is 18.3 Å². The van der Waals surface area contributed by atoms with E-state index in [9.17, 15) is 0 Å². The molecule has 2 aromatic rings. The first kappa shape index (κ1) is 23.2. The van der Waals surface area contributed by atoms with Crippen LogP contribution in [0.3, 0.4) is 0 Å². The summed E-state index contributed by atoms with van der Waals surface area (Å²) >= 11 is -0.0703.